The summed E-state index contributed by atoms with van der Waals surface area (Å²) >= 11 is 6.60. The molecule has 1 fully saturated rings. The van der Waals surface area contributed by atoms with E-state index in [1.165, 1.54) is 6.42 Å². The van der Waals surface area contributed by atoms with Crippen LogP contribution in [0.3, 0.4) is 0 Å². The molecule has 7 heteroatoms. The molecule has 3 aromatic heterocycles. The van der Waals surface area contributed by atoms with Crippen molar-refractivity contribution in [2.24, 2.45) is 0 Å². The molecule has 1 unspecified atom stereocenters. The highest BCUT2D eigenvalue weighted by molar-refractivity contribution is 6.35. The SMILES string of the molecule is Cc1cccc(-c2[nH]c(N)nc2-c2ccc3c(c2)c(Cl)cn3C2CCCCO2)n1. The number of halogens is 1. The average Bonchev–Trinajstić information content (AvgIpc) is 3.29. The Morgan fingerprint density at radius 3 is 2.90 bits per heavy atom. The summed E-state index contributed by atoms with van der Waals surface area (Å²) in [6, 6.07) is 12.1. The van der Waals surface area contributed by atoms with Crippen LogP contribution in [0, 0.1) is 6.92 Å². The van der Waals surface area contributed by atoms with Gasteiger partial charge >= 0.3 is 0 Å². The number of pyridine rings is 1. The van der Waals surface area contributed by atoms with Crippen LogP contribution in [0.5, 0.6) is 0 Å². The van der Waals surface area contributed by atoms with Crippen LogP contribution in [0.1, 0.15) is 31.2 Å². The summed E-state index contributed by atoms with van der Waals surface area (Å²) in [5.41, 5.74) is 11.3. The molecule has 0 bridgehead atoms. The molecule has 4 aromatic rings. The molecule has 1 aliphatic heterocycles. The lowest BCUT2D eigenvalue weighted by Crippen LogP contribution is -2.17. The van der Waals surface area contributed by atoms with E-state index in [1.807, 2.05) is 37.4 Å². The zero-order chi connectivity index (χ0) is 20.0. The second-order valence-corrected chi connectivity index (χ2v) is 7.85. The monoisotopic (exact) mass is 407 g/mol. The number of aromatic amines is 1. The van der Waals surface area contributed by atoms with Gasteiger partial charge < -0.3 is 20.0 Å². The van der Waals surface area contributed by atoms with Gasteiger partial charge in [0.2, 0.25) is 0 Å². The number of imidazole rings is 1. The summed E-state index contributed by atoms with van der Waals surface area (Å²) in [5, 5.41) is 1.68. The number of aryl methyl sites for hydroxylation is 1. The number of nitrogen functional groups attached to an aromatic ring is 1. The molecule has 0 radical (unpaired) electrons. The summed E-state index contributed by atoms with van der Waals surface area (Å²) in [5.74, 6) is 0.359. The number of nitrogens with two attached hydrogens (primary N) is 1. The van der Waals surface area contributed by atoms with E-state index in [0.717, 1.165) is 58.7 Å². The van der Waals surface area contributed by atoms with Gasteiger partial charge in [-0.2, -0.15) is 0 Å². The van der Waals surface area contributed by atoms with Crippen LogP contribution in [0.25, 0.3) is 33.5 Å². The van der Waals surface area contributed by atoms with Crippen molar-refractivity contribution in [3.63, 3.8) is 0 Å². The van der Waals surface area contributed by atoms with Gasteiger partial charge in [0.15, 0.2) is 5.95 Å². The number of nitrogens with one attached hydrogen (secondary N) is 1. The summed E-state index contributed by atoms with van der Waals surface area (Å²) < 4.78 is 8.10. The lowest BCUT2D eigenvalue weighted by atomic mass is 10.1. The summed E-state index contributed by atoms with van der Waals surface area (Å²) in [4.78, 5) is 12.3. The van der Waals surface area contributed by atoms with Crippen molar-refractivity contribution in [3.8, 4) is 22.6 Å². The zero-order valence-electron chi connectivity index (χ0n) is 16.2. The van der Waals surface area contributed by atoms with E-state index in [0.29, 0.717) is 11.0 Å². The lowest BCUT2D eigenvalue weighted by molar-refractivity contribution is -0.0291. The Kier molecular flexibility index (Phi) is 4.53. The number of benzene rings is 1. The molecule has 4 heterocycles. The maximum atomic E-state index is 6.60. The van der Waals surface area contributed by atoms with Crippen molar-refractivity contribution in [1.29, 1.82) is 0 Å². The first-order chi connectivity index (χ1) is 14.1. The molecule has 6 nitrogen and oxygen atoms in total. The van der Waals surface area contributed by atoms with E-state index >= 15 is 0 Å². The van der Waals surface area contributed by atoms with Gasteiger partial charge in [-0.25, -0.2) is 4.98 Å². The fourth-order valence-electron chi connectivity index (χ4n) is 4.01. The van der Waals surface area contributed by atoms with Crippen molar-refractivity contribution in [2.75, 3.05) is 12.3 Å². The van der Waals surface area contributed by atoms with Crippen molar-refractivity contribution in [2.45, 2.75) is 32.4 Å². The minimum atomic E-state index is 0.0395. The molecular weight excluding hydrogens is 386 g/mol. The largest absolute Gasteiger partial charge is 0.369 e. The van der Waals surface area contributed by atoms with Gasteiger partial charge in [0.1, 0.15) is 6.23 Å². The smallest absolute Gasteiger partial charge is 0.198 e. The van der Waals surface area contributed by atoms with Gasteiger partial charge in [-0.1, -0.05) is 23.7 Å². The van der Waals surface area contributed by atoms with Crippen molar-refractivity contribution in [3.05, 3.63) is 53.3 Å². The summed E-state index contributed by atoms with van der Waals surface area (Å²) in [7, 11) is 0. The normalized spacial score (nSPS) is 17.1. The molecule has 5 rings (SSSR count). The molecule has 29 heavy (non-hydrogen) atoms. The number of anilines is 1. The van der Waals surface area contributed by atoms with Gasteiger partial charge in [0.05, 0.1) is 27.6 Å². The standard InChI is InChI=1S/C22H22ClN5O/c1-13-5-4-6-17(25-13)21-20(26-22(24)27-21)14-8-9-18-15(11-14)16(23)12-28(18)19-7-2-3-10-29-19/h4-6,8-9,11-12,19H,2-3,7,10H2,1H3,(H3,24,26,27). The fourth-order valence-corrected chi connectivity index (χ4v) is 4.27. The van der Waals surface area contributed by atoms with Crippen LogP contribution in [0.4, 0.5) is 5.95 Å². The van der Waals surface area contributed by atoms with E-state index in [2.05, 4.69) is 31.7 Å². The quantitative estimate of drug-likeness (QED) is 0.480. The maximum absolute atomic E-state index is 6.60. The predicted molar refractivity (Wildman–Crippen MR) is 116 cm³/mol. The van der Waals surface area contributed by atoms with E-state index in [4.69, 9.17) is 22.1 Å². The number of hydrogen-bond donors (Lipinski definition) is 2. The highest BCUT2D eigenvalue weighted by atomic mass is 35.5. The Labute approximate surface area is 173 Å². The van der Waals surface area contributed by atoms with Gasteiger partial charge in [0.25, 0.3) is 0 Å². The third-order valence-corrected chi connectivity index (χ3v) is 5.69. The summed E-state index contributed by atoms with van der Waals surface area (Å²) in [6.45, 7) is 2.75. The van der Waals surface area contributed by atoms with Crippen LogP contribution in [-0.4, -0.2) is 26.1 Å². The van der Waals surface area contributed by atoms with Crippen molar-refractivity contribution >= 4 is 28.5 Å². The van der Waals surface area contributed by atoms with Gasteiger partial charge in [0, 0.05) is 29.4 Å². The van der Waals surface area contributed by atoms with E-state index in [9.17, 15) is 0 Å². The average molecular weight is 408 g/mol. The number of H-pyrrole nitrogens is 1. The predicted octanol–water partition coefficient (Wildman–Crippen LogP) is 5.34. The molecule has 1 aliphatic rings. The van der Waals surface area contributed by atoms with E-state index < -0.39 is 0 Å². The second-order valence-electron chi connectivity index (χ2n) is 7.45. The molecule has 1 aromatic carbocycles. The first-order valence-corrected chi connectivity index (χ1v) is 10.2. The highest BCUT2D eigenvalue weighted by Crippen LogP contribution is 2.37. The fraction of sp³-hybridized carbons (Fsp3) is 0.273. The molecule has 0 aliphatic carbocycles. The van der Waals surface area contributed by atoms with Crippen LogP contribution in [-0.2, 0) is 4.74 Å². The number of ether oxygens (including phenoxy) is 1. The Morgan fingerprint density at radius 1 is 1.21 bits per heavy atom. The van der Waals surface area contributed by atoms with Crippen molar-refractivity contribution in [1.82, 2.24) is 19.5 Å². The van der Waals surface area contributed by atoms with Gasteiger partial charge in [-0.3, -0.25) is 4.98 Å². The molecule has 148 valence electrons. The Balaban J connectivity index is 1.61. The Bertz CT molecular complexity index is 1190. The molecule has 0 spiro atoms. The van der Waals surface area contributed by atoms with Crippen LogP contribution < -0.4 is 5.73 Å². The number of aromatic nitrogens is 4. The van der Waals surface area contributed by atoms with Gasteiger partial charge in [-0.15, -0.1) is 0 Å². The molecular formula is C22H22ClN5O. The van der Waals surface area contributed by atoms with Gasteiger partial charge in [-0.05, 0) is 50.5 Å². The molecule has 1 saturated heterocycles. The second kappa shape index (κ2) is 7.21. The molecule has 1 atom stereocenters. The van der Waals surface area contributed by atoms with Crippen LogP contribution in [0.15, 0.2) is 42.6 Å². The third-order valence-electron chi connectivity index (χ3n) is 5.39. The number of hydrogen-bond acceptors (Lipinski definition) is 4. The Hall–Kier alpha value is -2.83. The maximum Gasteiger partial charge on any atom is 0.198 e. The first kappa shape index (κ1) is 18.2. The molecule has 3 N–H and O–H groups in total. The van der Waals surface area contributed by atoms with E-state index in [-0.39, 0.29) is 6.23 Å². The zero-order valence-corrected chi connectivity index (χ0v) is 16.9. The van der Waals surface area contributed by atoms with Crippen molar-refractivity contribution < 1.29 is 4.74 Å². The summed E-state index contributed by atoms with van der Waals surface area (Å²) in [6.07, 6.45) is 5.29. The number of nitrogens with zero attached hydrogens (tertiary/aromatic N) is 3. The molecule has 0 amide bonds. The minimum Gasteiger partial charge on any atom is -0.369 e. The lowest BCUT2D eigenvalue weighted by Gasteiger charge is -2.24. The number of fused-ring (bicyclic) bond motifs is 1. The van der Waals surface area contributed by atoms with E-state index in [1.54, 1.807) is 0 Å². The first-order valence-electron chi connectivity index (χ1n) is 9.82. The van der Waals surface area contributed by atoms with Crippen LogP contribution >= 0.6 is 11.6 Å². The Morgan fingerprint density at radius 2 is 2.10 bits per heavy atom. The number of rotatable bonds is 3. The third kappa shape index (κ3) is 3.28. The molecule has 0 saturated carbocycles. The highest BCUT2D eigenvalue weighted by Gasteiger charge is 2.21. The minimum absolute atomic E-state index is 0.0395. The van der Waals surface area contributed by atoms with Crippen LogP contribution in [0.2, 0.25) is 5.02 Å². The topological polar surface area (TPSA) is 81.8 Å².